The van der Waals surface area contributed by atoms with Crippen LogP contribution in [0, 0.1) is 29.1 Å². The molecule has 0 bridgehead atoms. The molecule has 6 aliphatic rings. The minimum absolute atomic E-state index is 0.00464. The molecule has 0 aromatic heterocycles. The van der Waals surface area contributed by atoms with Gasteiger partial charge in [-0.05, 0) is 180 Å². The molecule has 0 amide bonds. The average Bonchev–Trinajstić information content (AvgIpc) is 3.66. The van der Waals surface area contributed by atoms with Crippen LogP contribution in [0.4, 0.5) is 17.1 Å². The highest BCUT2D eigenvalue weighted by Gasteiger charge is 2.90. The highest BCUT2D eigenvalue weighted by Crippen LogP contribution is 2.94. The highest BCUT2D eigenvalue weighted by molar-refractivity contribution is 6.04. The lowest BCUT2D eigenvalue weighted by atomic mass is 9.11. The van der Waals surface area contributed by atoms with Gasteiger partial charge in [0, 0.05) is 22.2 Å². The van der Waals surface area contributed by atoms with Gasteiger partial charge in [-0.1, -0.05) is 200 Å². The molecule has 6 aliphatic carbocycles. The quantitative estimate of drug-likeness (QED) is 0.154. The van der Waals surface area contributed by atoms with Gasteiger partial charge in [0.05, 0.1) is 11.4 Å². The lowest BCUT2D eigenvalue weighted by Crippen LogP contribution is -2.88. The van der Waals surface area contributed by atoms with Gasteiger partial charge >= 0.3 is 0 Å². The van der Waals surface area contributed by atoms with Gasteiger partial charge < -0.3 is 4.90 Å². The maximum absolute atomic E-state index is 2.64. The summed E-state index contributed by atoms with van der Waals surface area (Å²) in [5.41, 5.74) is 22.6. The van der Waals surface area contributed by atoms with Crippen LogP contribution < -0.4 is 4.90 Å². The summed E-state index contributed by atoms with van der Waals surface area (Å²) in [5.74, 6) is 4.23. The van der Waals surface area contributed by atoms with Crippen molar-refractivity contribution in [3.05, 3.63) is 198 Å². The Morgan fingerprint density at radius 2 is 1.01 bits per heavy atom. The molecule has 348 valence electrons. The molecule has 0 saturated heterocycles. The van der Waals surface area contributed by atoms with E-state index in [0.29, 0.717) is 11.3 Å². The molecule has 1 heteroatoms. The van der Waals surface area contributed by atoms with Crippen molar-refractivity contribution in [3.8, 4) is 44.5 Å². The summed E-state index contributed by atoms with van der Waals surface area (Å²) < 4.78 is 0. The SMILES string of the molecule is CC(C)(C)c1cc(-c2ccccc2N(c2ccc(-c3ccc4c(c3)C3(c5ccccc5-4)C4CC5CC6CC3C564)cc2)c2ccccc2-c2cccc3cccc(C4CCCCC4)c23)cc(C(C)(C)C)c1. The third kappa shape index (κ3) is 5.84. The second-order valence-electron chi connectivity index (χ2n) is 24.7. The van der Waals surface area contributed by atoms with Crippen molar-refractivity contribution >= 4 is 27.8 Å². The van der Waals surface area contributed by atoms with Crippen LogP contribution in [0.25, 0.3) is 55.3 Å². The Kier molecular flexibility index (Phi) is 9.25. The molecule has 4 atom stereocenters. The Morgan fingerprint density at radius 1 is 0.443 bits per heavy atom. The van der Waals surface area contributed by atoms with Crippen molar-refractivity contribution in [2.45, 2.75) is 115 Å². The van der Waals surface area contributed by atoms with Gasteiger partial charge in [-0.15, -0.1) is 0 Å². The Labute approximate surface area is 417 Å². The van der Waals surface area contributed by atoms with E-state index in [1.165, 1.54) is 135 Å². The van der Waals surface area contributed by atoms with Crippen LogP contribution in [0.15, 0.2) is 170 Å². The molecule has 0 radical (unpaired) electrons. The standard InChI is InChI=1S/C69H67N/c1-66(2,3)48-36-47(37-49(39-48)67(4,5)6)53-22-11-14-28-61(53)70(62-29-15-12-24-57(62)58-26-17-21-45-20-16-25-54(65(45)58)44-18-8-7-9-19-44)52-33-30-43(31-34-52)46-32-35-56-55-23-10-13-27-59(55)69(60(56)38-46)63-41-50-40-51-42-64(69)68(50,51)63/h10-17,20-39,44,50-51,63-64H,7-9,18-19,40-42H2,1-6H3. The van der Waals surface area contributed by atoms with Crippen molar-refractivity contribution < 1.29 is 0 Å². The molecule has 14 rings (SSSR count). The number of rotatable bonds is 7. The molecule has 70 heavy (non-hydrogen) atoms. The summed E-state index contributed by atoms with van der Waals surface area (Å²) in [6.45, 7) is 14.1. The number of para-hydroxylation sites is 2. The molecule has 0 aliphatic heterocycles. The zero-order valence-corrected chi connectivity index (χ0v) is 42.2. The van der Waals surface area contributed by atoms with Gasteiger partial charge in [0.1, 0.15) is 0 Å². The van der Waals surface area contributed by atoms with E-state index in [-0.39, 0.29) is 16.2 Å². The summed E-state index contributed by atoms with van der Waals surface area (Å²) in [4.78, 5) is 2.58. The molecule has 8 aromatic carbocycles. The second-order valence-corrected chi connectivity index (χ2v) is 24.7. The molecule has 5 saturated carbocycles. The monoisotopic (exact) mass is 910 g/mol. The molecule has 1 nitrogen and oxygen atoms in total. The van der Waals surface area contributed by atoms with Crippen LogP contribution in [0.1, 0.15) is 127 Å². The fourth-order valence-electron chi connectivity index (χ4n) is 16.2. The predicted molar refractivity (Wildman–Crippen MR) is 295 cm³/mol. The molecule has 2 spiro atoms. The zero-order valence-electron chi connectivity index (χ0n) is 42.2. The second kappa shape index (κ2) is 15.2. The van der Waals surface area contributed by atoms with Crippen LogP contribution in [-0.4, -0.2) is 0 Å². The first kappa shape index (κ1) is 42.7. The van der Waals surface area contributed by atoms with Gasteiger partial charge in [0.2, 0.25) is 0 Å². The first-order valence-electron chi connectivity index (χ1n) is 27.0. The number of nitrogens with zero attached hydrogens (tertiary/aromatic N) is 1. The van der Waals surface area contributed by atoms with E-state index in [1.807, 2.05) is 0 Å². The number of benzene rings is 8. The van der Waals surface area contributed by atoms with Crippen molar-refractivity contribution in [3.63, 3.8) is 0 Å². The van der Waals surface area contributed by atoms with Gasteiger partial charge in [0.15, 0.2) is 0 Å². The fraction of sp³-hybridized carbons (Fsp3) is 0.333. The normalized spacial score (nSPS) is 24.9. The average molecular weight is 910 g/mol. The Balaban J connectivity index is 0.935. The van der Waals surface area contributed by atoms with Crippen LogP contribution in [-0.2, 0) is 16.2 Å². The smallest absolute Gasteiger partial charge is 0.0540 e. The van der Waals surface area contributed by atoms with Crippen molar-refractivity contribution in [2.75, 3.05) is 4.90 Å². The molecular formula is C69H67N. The number of hydrogen-bond acceptors (Lipinski definition) is 1. The number of hydrogen-bond donors (Lipinski definition) is 0. The van der Waals surface area contributed by atoms with E-state index in [0.717, 1.165) is 29.4 Å². The van der Waals surface area contributed by atoms with E-state index in [1.54, 1.807) is 11.1 Å². The largest absolute Gasteiger partial charge is 0.309 e. The van der Waals surface area contributed by atoms with Crippen molar-refractivity contribution in [1.29, 1.82) is 0 Å². The van der Waals surface area contributed by atoms with E-state index in [4.69, 9.17) is 0 Å². The fourth-order valence-corrected chi connectivity index (χ4v) is 16.2. The van der Waals surface area contributed by atoms with Crippen molar-refractivity contribution in [2.24, 2.45) is 29.1 Å². The summed E-state index contributed by atoms with van der Waals surface area (Å²) in [6.07, 6.45) is 10.9. The van der Waals surface area contributed by atoms with E-state index < -0.39 is 0 Å². The minimum atomic E-state index is -0.00464. The van der Waals surface area contributed by atoms with E-state index >= 15 is 0 Å². The number of fused-ring (bicyclic) bond motifs is 8. The van der Waals surface area contributed by atoms with E-state index in [9.17, 15) is 0 Å². The lowest BCUT2D eigenvalue weighted by Gasteiger charge is -2.92. The topological polar surface area (TPSA) is 3.24 Å². The third-order valence-corrected chi connectivity index (χ3v) is 19.5. The first-order chi connectivity index (χ1) is 34.0. The Hall–Kier alpha value is -6.18. The molecule has 8 aromatic rings. The molecule has 0 heterocycles. The van der Waals surface area contributed by atoms with Crippen LogP contribution >= 0.6 is 0 Å². The van der Waals surface area contributed by atoms with Gasteiger partial charge in [0.25, 0.3) is 0 Å². The minimum Gasteiger partial charge on any atom is -0.309 e. The van der Waals surface area contributed by atoms with Crippen LogP contribution in [0.5, 0.6) is 0 Å². The van der Waals surface area contributed by atoms with Gasteiger partial charge in [-0.2, -0.15) is 0 Å². The van der Waals surface area contributed by atoms with Crippen LogP contribution in [0.2, 0.25) is 0 Å². The summed E-state index contributed by atoms with van der Waals surface area (Å²) in [7, 11) is 0. The molecule has 4 unspecified atom stereocenters. The molecule has 5 fully saturated rings. The maximum Gasteiger partial charge on any atom is 0.0540 e. The van der Waals surface area contributed by atoms with Crippen LogP contribution in [0.3, 0.4) is 0 Å². The maximum atomic E-state index is 2.64. The summed E-state index contributed by atoms with van der Waals surface area (Å²) in [6, 6.07) is 66.5. The first-order valence-corrected chi connectivity index (χ1v) is 27.0. The number of anilines is 3. The summed E-state index contributed by atoms with van der Waals surface area (Å²) in [5, 5.41) is 2.75. The summed E-state index contributed by atoms with van der Waals surface area (Å²) >= 11 is 0. The highest BCUT2D eigenvalue weighted by atomic mass is 15.1. The van der Waals surface area contributed by atoms with Crippen molar-refractivity contribution in [1.82, 2.24) is 0 Å². The van der Waals surface area contributed by atoms with Gasteiger partial charge in [-0.25, -0.2) is 0 Å². The molecule has 0 N–H and O–H groups in total. The Morgan fingerprint density at radius 3 is 1.69 bits per heavy atom. The predicted octanol–water partition coefficient (Wildman–Crippen LogP) is 18.9. The lowest BCUT2D eigenvalue weighted by molar-refractivity contribution is -0.412. The van der Waals surface area contributed by atoms with Gasteiger partial charge in [-0.3, -0.25) is 0 Å². The van der Waals surface area contributed by atoms with E-state index in [2.05, 4.69) is 216 Å². The zero-order chi connectivity index (χ0) is 47.3. The Bertz CT molecular complexity index is 3340. The third-order valence-electron chi connectivity index (χ3n) is 19.5. The molecular weight excluding hydrogens is 843 g/mol.